The van der Waals surface area contributed by atoms with Crippen LogP contribution in [-0.4, -0.2) is 35.5 Å². The van der Waals surface area contributed by atoms with Gasteiger partial charge in [-0.05, 0) is 18.6 Å². The van der Waals surface area contributed by atoms with Crippen LogP contribution in [0, 0.1) is 0 Å². The van der Waals surface area contributed by atoms with Crippen LogP contribution in [0.15, 0.2) is 40.5 Å². The smallest absolute Gasteiger partial charge is 0.360 e. The Kier molecular flexibility index (Phi) is 4.54. The molecule has 0 spiro atoms. The predicted octanol–water partition coefficient (Wildman–Crippen LogP) is 5.10. The number of nitrogens with zero attached hydrogens (tertiary/aromatic N) is 3. The Morgan fingerprint density at radius 1 is 1.22 bits per heavy atom. The number of para-hydroxylation sites is 1. The molecule has 2 unspecified atom stereocenters. The molecule has 1 aromatic carbocycles. The number of likely N-dealkylation sites (N-methyl/N-ethyl adjacent to an activating group) is 1. The largest absolute Gasteiger partial charge is 0.418 e. The maximum absolute atomic E-state index is 15.1. The van der Waals surface area contributed by atoms with Crippen LogP contribution in [0.2, 0.25) is 0 Å². The van der Waals surface area contributed by atoms with Crippen molar-refractivity contribution in [3.63, 3.8) is 0 Å². The lowest BCUT2D eigenvalue weighted by atomic mass is 10.1. The van der Waals surface area contributed by atoms with E-state index in [1.165, 1.54) is 30.3 Å². The van der Waals surface area contributed by atoms with Gasteiger partial charge in [-0.1, -0.05) is 30.2 Å². The summed E-state index contributed by atoms with van der Waals surface area (Å²) in [5.41, 5.74) is -0.0145. The van der Waals surface area contributed by atoms with Crippen LogP contribution in [0.3, 0.4) is 0 Å². The first-order valence-corrected chi connectivity index (χ1v) is 9.39. The van der Waals surface area contributed by atoms with Crippen molar-refractivity contribution in [1.29, 1.82) is 0 Å². The normalized spacial score (nSPS) is 25.4. The second-order valence-electron chi connectivity index (χ2n) is 5.61. The number of alkyl halides is 2. The molecule has 0 bridgehead atoms. The molecule has 0 saturated heterocycles. The van der Waals surface area contributed by atoms with Crippen molar-refractivity contribution in [2.45, 2.75) is 25.4 Å². The van der Waals surface area contributed by atoms with Crippen molar-refractivity contribution in [2.75, 3.05) is 11.9 Å². The quantitative estimate of drug-likeness (QED) is 0.621. The summed E-state index contributed by atoms with van der Waals surface area (Å²) in [5, 5.41) is -2.54. The summed E-state index contributed by atoms with van der Waals surface area (Å²) >= 11 is 0. The standard InChI is InChI=1S/C14H14F7N3O2S/c1-3-10(15)14(17,11(25)24(2)9-7-5-4-6-8-9)26-13-23-22-12(16)27(13,18,19,20)21/h4-8,10H,3H2,1-2H3. The molecular formula is C14H14F7N3O2S. The molecule has 2 atom stereocenters. The van der Waals surface area contributed by atoms with E-state index in [1.54, 1.807) is 0 Å². The van der Waals surface area contributed by atoms with E-state index >= 15 is 4.39 Å². The van der Waals surface area contributed by atoms with Gasteiger partial charge in [0.25, 0.3) is 9.84 Å². The molecule has 152 valence electrons. The monoisotopic (exact) mass is 421 g/mol. The van der Waals surface area contributed by atoms with Crippen LogP contribution in [0.1, 0.15) is 13.3 Å². The Hall–Kier alpha value is -2.31. The zero-order valence-corrected chi connectivity index (χ0v) is 14.7. The first kappa shape index (κ1) is 21.0. The van der Waals surface area contributed by atoms with Crippen molar-refractivity contribution in [3.05, 3.63) is 30.3 Å². The van der Waals surface area contributed by atoms with Crippen molar-refractivity contribution in [2.24, 2.45) is 10.2 Å². The lowest BCUT2D eigenvalue weighted by molar-refractivity contribution is -0.168. The fraction of sp³-hybridized carbons (Fsp3) is 0.357. The van der Waals surface area contributed by atoms with Crippen LogP contribution in [0.4, 0.5) is 34.4 Å². The highest BCUT2D eigenvalue weighted by Crippen LogP contribution is 2.99. The number of amides is 1. The summed E-state index contributed by atoms with van der Waals surface area (Å²) in [6.45, 7) is 1.01. The minimum atomic E-state index is -10.0. The summed E-state index contributed by atoms with van der Waals surface area (Å²) in [6.07, 6.45) is -3.76. The highest BCUT2D eigenvalue weighted by Gasteiger charge is 2.80. The zero-order valence-electron chi connectivity index (χ0n) is 13.9. The number of carbonyl (C=O) groups excluding carboxylic acids is 1. The third kappa shape index (κ3) is 3.35. The van der Waals surface area contributed by atoms with E-state index in [-0.39, 0.29) is 5.69 Å². The van der Waals surface area contributed by atoms with Gasteiger partial charge in [-0.25, -0.2) is 4.39 Å². The Bertz CT molecular complexity index is 827. The molecule has 2 rings (SSSR count). The molecule has 0 N–H and O–H groups in total. The molecule has 1 amide bonds. The maximum Gasteiger partial charge on any atom is 0.360 e. The molecular weight excluding hydrogens is 407 g/mol. The van der Waals surface area contributed by atoms with Crippen molar-refractivity contribution < 1.29 is 38.2 Å². The highest BCUT2D eigenvalue weighted by molar-refractivity contribution is 8.70. The molecule has 5 nitrogen and oxygen atoms in total. The van der Waals surface area contributed by atoms with E-state index in [0.717, 1.165) is 14.0 Å². The van der Waals surface area contributed by atoms with Crippen LogP contribution in [0.25, 0.3) is 0 Å². The SMILES string of the molecule is CCC(F)C(F)(OC1=NN=C(F)S1(F)(F)(F)F)C(=O)N(C)c1ccccc1. The van der Waals surface area contributed by atoms with E-state index in [1.807, 2.05) is 5.10 Å². The average molecular weight is 421 g/mol. The van der Waals surface area contributed by atoms with E-state index in [4.69, 9.17) is 0 Å². The molecule has 13 heteroatoms. The summed E-state index contributed by atoms with van der Waals surface area (Å²) in [6, 6.07) is 6.93. The lowest BCUT2D eigenvalue weighted by Gasteiger charge is -2.44. The predicted molar refractivity (Wildman–Crippen MR) is 88.0 cm³/mol. The van der Waals surface area contributed by atoms with Gasteiger partial charge in [0.15, 0.2) is 6.17 Å². The van der Waals surface area contributed by atoms with Gasteiger partial charge in [-0.15, -0.1) is 20.6 Å². The second kappa shape index (κ2) is 5.84. The molecule has 0 radical (unpaired) electrons. The molecule has 0 aliphatic carbocycles. The third-order valence-corrected chi connectivity index (χ3v) is 5.26. The highest BCUT2D eigenvalue weighted by atomic mass is 32.5. The van der Waals surface area contributed by atoms with Gasteiger partial charge in [0.2, 0.25) is 0 Å². The second-order valence-corrected chi connectivity index (χ2v) is 8.44. The Morgan fingerprint density at radius 3 is 2.22 bits per heavy atom. The van der Waals surface area contributed by atoms with Gasteiger partial charge in [-0.2, -0.15) is 8.78 Å². The van der Waals surface area contributed by atoms with Crippen LogP contribution in [0.5, 0.6) is 0 Å². The fourth-order valence-corrected chi connectivity index (χ4v) is 2.89. The Balaban J connectivity index is 2.46. The fourth-order valence-electron chi connectivity index (χ4n) is 2.05. The van der Waals surface area contributed by atoms with E-state index in [9.17, 15) is 29.1 Å². The number of benzene rings is 1. The number of ether oxygens (including phenoxy) is 1. The molecule has 1 heterocycles. The number of halogens is 7. The number of anilines is 1. The first-order chi connectivity index (χ1) is 12.2. The maximum atomic E-state index is 15.1. The van der Waals surface area contributed by atoms with E-state index in [0.29, 0.717) is 4.90 Å². The van der Waals surface area contributed by atoms with Gasteiger partial charge in [0, 0.05) is 12.7 Å². The van der Waals surface area contributed by atoms with Gasteiger partial charge in [-0.3, -0.25) is 4.79 Å². The summed E-state index contributed by atoms with van der Waals surface area (Å²) < 4.78 is 101. The lowest BCUT2D eigenvalue weighted by Crippen LogP contribution is -2.54. The van der Waals surface area contributed by atoms with Gasteiger partial charge < -0.3 is 9.64 Å². The zero-order chi connectivity index (χ0) is 20.7. The number of rotatable bonds is 5. The Morgan fingerprint density at radius 2 is 1.78 bits per heavy atom. The van der Waals surface area contributed by atoms with Gasteiger partial charge in [0.1, 0.15) is 0 Å². The summed E-state index contributed by atoms with van der Waals surface area (Å²) in [7, 11) is -9.06. The summed E-state index contributed by atoms with van der Waals surface area (Å²) in [4.78, 5) is 12.9. The van der Waals surface area contributed by atoms with E-state index < -0.39 is 44.7 Å². The van der Waals surface area contributed by atoms with Crippen LogP contribution in [-0.2, 0) is 9.53 Å². The van der Waals surface area contributed by atoms with Crippen LogP contribution < -0.4 is 4.90 Å². The minimum absolute atomic E-state index is 0.0145. The van der Waals surface area contributed by atoms with E-state index in [2.05, 4.69) is 9.84 Å². The van der Waals surface area contributed by atoms with Crippen molar-refractivity contribution >= 4 is 32.0 Å². The van der Waals surface area contributed by atoms with Gasteiger partial charge in [0.05, 0.1) is 0 Å². The van der Waals surface area contributed by atoms with Crippen LogP contribution >= 0.6 is 9.84 Å². The third-order valence-electron chi connectivity index (χ3n) is 3.64. The average Bonchev–Trinajstić information content (AvgIpc) is 2.79. The van der Waals surface area contributed by atoms with Crippen molar-refractivity contribution in [1.82, 2.24) is 0 Å². The summed E-state index contributed by atoms with van der Waals surface area (Å²) in [5.74, 6) is -6.24. The molecule has 27 heavy (non-hydrogen) atoms. The number of hydrogen-bond donors (Lipinski definition) is 0. The number of carbonyl (C=O) groups is 1. The Labute approximate surface area is 148 Å². The molecule has 1 aliphatic rings. The molecule has 0 fully saturated rings. The molecule has 1 aromatic rings. The van der Waals surface area contributed by atoms with Gasteiger partial charge >= 0.3 is 22.3 Å². The molecule has 1 aliphatic heterocycles. The molecule has 0 saturated carbocycles. The van der Waals surface area contributed by atoms with Crippen molar-refractivity contribution in [3.8, 4) is 0 Å². The minimum Gasteiger partial charge on any atom is -0.418 e. The topological polar surface area (TPSA) is 54.3 Å². The molecule has 0 aromatic heterocycles. The first-order valence-electron chi connectivity index (χ1n) is 7.34. The number of hydrogen-bond acceptors (Lipinski definition) is 4.